The van der Waals surface area contributed by atoms with E-state index in [-0.39, 0.29) is 11.5 Å². The Kier molecular flexibility index (Phi) is 2.53. The Labute approximate surface area is 67.5 Å². The van der Waals surface area contributed by atoms with Crippen molar-refractivity contribution in [3.05, 3.63) is 29.8 Å². The fourth-order valence-electron chi connectivity index (χ4n) is 0.640. The third-order valence-corrected chi connectivity index (χ3v) is 1.42. The lowest BCUT2D eigenvalue weighted by atomic mass is 10.2. The van der Waals surface area contributed by atoms with Crippen molar-refractivity contribution < 1.29 is 4.21 Å². The first-order valence-electron chi connectivity index (χ1n) is 2.87. The molecule has 54 valence electrons. The molecule has 4 heteroatoms. The summed E-state index contributed by atoms with van der Waals surface area (Å²) in [5, 5.41) is 8.41. The van der Waals surface area contributed by atoms with Crippen LogP contribution >= 0.6 is 0 Å². The van der Waals surface area contributed by atoms with E-state index in [1.54, 1.807) is 24.3 Å². The van der Waals surface area contributed by atoms with Crippen LogP contribution in [-0.2, 0) is 11.5 Å². The van der Waals surface area contributed by atoms with Crippen molar-refractivity contribution in [1.82, 2.24) is 0 Å². The Morgan fingerprint density at radius 1 is 1.36 bits per heavy atom. The zero-order chi connectivity index (χ0) is 8.10. The van der Waals surface area contributed by atoms with Crippen molar-refractivity contribution in [2.24, 2.45) is 4.36 Å². The van der Waals surface area contributed by atoms with E-state index in [1.165, 1.54) is 0 Å². The number of nitriles is 1. The van der Waals surface area contributed by atoms with Crippen molar-refractivity contribution in [1.29, 1.82) is 5.26 Å². The standard InChI is InChI=1S/C7H4N2OS/c8-5-6-1-3-7(4-2-6)9-11-10/h1-4H. The zero-order valence-electron chi connectivity index (χ0n) is 5.52. The Balaban J connectivity index is 3.02. The van der Waals surface area contributed by atoms with Crippen molar-refractivity contribution in [3.63, 3.8) is 0 Å². The van der Waals surface area contributed by atoms with Gasteiger partial charge in [0.1, 0.15) is 0 Å². The van der Waals surface area contributed by atoms with Crippen LogP contribution in [0.25, 0.3) is 0 Å². The lowest BCUT2D eigenvalue weighted by Gasteiger charge is -1.87. The Morgan fingerprint density at radius 3 is 2.45 bits per heavy atom. The predicted molar refractivity (Wildman–Crippen MR) is 41.4 cm³/mol. The summed E-state index contributed by atoms with van der Waals surface area (Å²) in [5.74, 6) is 0. The van der Waals surface area contributed by atoms with Crippen LogP contribution in [0.2, 0.25) is 0 Å². The molecule has 0 aliphatic carbocycles. The van der Waals surface area contributed by atoms with E-state index in [0.717, 1.165) is 0 Å². The molecule has 1 rings (SSSR count). The molecule has 0 heterocycles. The summed E-state index contributed by atoms with van der Waals surface area (Å²) >= 11 is 0.160. The summed E-state index contributed by atoms with van der Waals surface area (Å²) in [6.45, 7) is 0. The van der Waals surface area contributed by atoms with E-state index < -0.39 is 0 Å². The molecule has 3 nitrogen and oxygen atoms in total. The van der Waals surface area contributed by atoms with Gasteiger partial charge in [0, 0.05) is 0 Å². The van der Waals surface area contributed by atoms with E-state index in [1.807, 2.05) is 6.07 Å². The number of rotatable bonds is 1. The third-order valence-electron chi connectivity index (χ3n) is 1.14. The quantitative estimate of drug-likeness (QED) is 0.632. The molecule has 0 aliphatic rings. The molecule has 0 amide bonds. The first-order chi connectivity index (χ1) is 5.36. The van der Waals surface area contributed by atoms with Gasteiger partial charge in [-0.15, -0.1) is 0 Å². The van der Waals surface area contributed by atoms with E-state index in [9.17, 15) is 4.21 Å². The topological polar surface area (TPSA) is 53.2 Å². The average Bonchev–Trinajstić information content (AvgIpc) is 2.07. The molecular weight excluding hydrogens is 160 g/mol. The van der Waals surface area contributed by atoms with Crippen molar-refractivity contribution in [3.8, 4) is 6.07 Å². The number of hydrogen-bond donors (Lipinski definition) is 0. The highest BCUT2D eigenvalue weighted by Crippen LogP contribution is 2.11. The molecule has 11 heavy (non-hydrogen) atoms. The molecule has 0 aliphatic heterocycles. The predicted octanol–water partition coefficient (Wildman–Crippen LogP) is 1.59. The van der Waals surface area contributed by atoms with Gasteiger partial charge in [-0.2, -0.15) is 13.8 Å². The van der Waals surface area contributed by atoms with Gasteiger partial charge in [-0.3, -0.25) is 0 Å². The molecule has 0 fully saturated rings. The molecule has 1 aromatic rings. The molecule has 0 saturated carbocycles. The van der Waals surface area contributed by atoms with Crippen molar-refractivity contribution in [2.75, 3.05) is 0 Å². The fraction of sp³-hybridized carbons (Fsp3) is 0. The van der Waals surface area contributed by atoms with Gasteiger partial charge in [0.2, 0.25) is 11.5 Å². The highest BCUT2D eigenvalue weighted by molar-refractivity contribution is 7.54. The second kappa shape index (κ2) is 3.64. The lowest BCUT2D eigenvalue weighted by Crippen LogP contribution is -1.69. The molecule has 0 atom stereocenters. The van der Waals surface area contributed by atoms with Crippen LogP contribution in [-0.4, -0.2) is 4.21 Å². The number of nitrogens with zero attached hydrogens (tertiary/aromatic N) is 2. The van der Waals surface area contributed by atoms with Crippen LogP contribution < -0.4 is 0 Å². The van der Waals surface area contributed by atoms with Crippen LogP contribution in [0.15, 0.2) is 28.6 Å². The molecule has 0 saturated heterocycles. The molecule has 0 bridgehead atoms. The largest absolute Gasteiger partial charge is 0.205 e. The normalized spacial score (nSPS) is 8.27. The smallest absolute Gasteiger partial charge is 0.192 e. The molecule has 0 spiro atoms. The summed E-state index contributed by atoms with van der Waals surface area (Å²) in [7, 11) is 0. The zero-order valence-corrected chi connectivity index (χ0v) is 6.34. The van der Waals surface area contributed by atoms with Gasteiger partial charge in [-0.1, -0.05) is 0 Å². The summed E-state index contributed by atoms with van der Waals surface area (Å²) in [5.41, 5.74) is 1.16. The summed E-state index contributed by atoms with van der Waals surface area (Å²) < 4.78 is 13.5. The van der Waals surface area contributed by atoms with Crippen molar-refractivity contribution >= 4 is 17.2 Å². The van der Waals surface area contributed by atoms with Gasteiger partial charge < -0.3 is 0 Å². The molecule has 0 radical (unpaired) electrons. The highest BCUT2D eigenvalue weighted by atomic mass is 32.1. The minimum atomic E-state index is 0.160. The second-order valence-electron chi connectivity index (χ2n) is 1.82. The molecule has 0 N–H and O–H groups in total. The number of hydrogen-bond acceptors (Lipinski definition) is 3. The van der Waals surface area contributed by atoms with Crippen molar-refractivity contribution in [2.45, 2.75) is 0 Å². The summed E-state index contributed by atoms with van der Waals surface area (Å²) in [6, 6.07) is 8.47. The third kappa shape index (κ3) is 1.99. The summed E-state index contributed by atoms with van der Waals surface area (Å²) in [4.78, 5) is 0. The van der Waals surface area contributed by atoms with Crippen LogP contribution in [0.3, 0.4) is 0 Å². The van der Waals surface area contributed by atoms with Gasteiger partial charge in [-0.05, 0) is 24.3 Å². The van der Waals surface area contributed by atoms with Crippen LogP contribution in [0.5, 0.6) is 0 Å². The summed E-state index contributed by atoms with van der Waals surface area (Å²) in [6.07, 6.45) is 0. The Morgan fingerprint density at radius 2 is 2.00 bits per heavy atom. The first-order valence-corrected chi connectivity index (χ1v) is 3.57. The van der Waals surface area contributed by atoms with Gasteiger partial charge in [0.25, 0.3) is 0 Å². The maximum absolute atomic E-state index is 9.94. The number of benzene rings is 1. The van der Waals surface area contributed by atoms with Gasteiger partial charge in [0.15, 0.2) is 0 Å². The van der Waals surface area contributed by atoms with Crippen LogP contribution in [0.1, 0.15) is 5.56 Å². The maximum Gasteiger partial charge on any atom is 0.205 e. The van der Waals surface area contributed by atoms with Gasteiger partial charge in [0.05, 0.1) is 17.3 Å². The maximum atomic E-state index is 9.94. The van der Waals surface area contributed by atoms with E-state index in [4.69, 9.17) is 5.26 Å². The Hall–Kier alpha value is -1.47. The van der Waals surface area contributed by atoms with Crippen LogP contribution in [0, 0.1) is 11.3 Å². The minimum Gasteiger partial charge on any atom is -0.192 e. The SMILES string of the molecule is N#Cc1ccc(N=S=O)cc1. The first kappa shape index (κ1) is 7.63. The van der Waals surface area contributed by atoms with E-state index >= 15 is 0 Å². The molecule has 0 aromatic heterocycles. The second-order valence-corrected chi connectivity index (χ2v) is 2.16. The molecule has 0 unspecified atom stereocenters. The van der Waals surface area contributed by atoms with E-state index in [0.29, 0.717) is 11.3 Å². The minimum absolute atomic E-state index is 0.160. The Bertz CT molecular complexity index is 332. The molecule has 1 aromatic carbocycles. The van der Waals surface area contributed by atoms with Crippen LogP contribution in [0.4, 0.5) is 5.69 Å². The van der Waals surface area contributed by atoms with Gasteiger partial charge >= 0.3 is 0 Å². The van der Waals surface area contributed by atoms with Gasteiger partial charge in [-0.25, -0.2) is 0 Å². The monoisotopic (exact) mass is 164 g/mol. The highest BCUT2D eigenvalue weighted by Gasteiger charge is 1.89. The lowest BCUT2D eigenvalue weighted by molar-refractivity contribution is 0.698. The van der Waals surface area contributed by atoms with E-state index in [2.05, 4.69) is 4.36 Å². The molecular formula is C7H4N2OS. The average molecular weight is 164 g/mol. The fourth-order valence-corrected chi connectivity index (χ4v) is 0.848.